The molecule has 2 amide bonds. The van der Waals surface area contributed by atoms with Crippen molar-refractivity contribution in [2.75, 3.05) is 17.2 Å². The van der Waals surface area contributed by atoms with E-state index in [1.54, 1.807) is 42.5 Å². The molecule has 0 unspecified atom stereocenters. The van der Waals surface area contributed by atoms with Crippen molar-refractivity contribution >= 4 is 28.7 Å². The van der Waals surface area contributed by atoms with Crippen LogP contribution in [0.15, 0.2) is 67.1 Å². The summed E-state index contributed by atoms with van der Waals surface area (Å²) >= 11 is 0. The van der Waals surface area contributed by atoms with Gasteiger partial charge in [0, 0.05) is 30.3 Å². The van der Waals surface area contributed by atoms with E-state index < -0.39 is 29.1 Å². The highest BCUT2D eigenvalue weighted by Gasteiger charge is 2.42. The van der Waals surface area contributed by atoms with Crippen molar-refractivity contribution in [1.82, 2.24) is 19.9 Å². The highest BCUT2D eigenvalue weighted by Crippen LogP contribution is 2.39. The van der Waals surface area contributed by atoms with Crippen LogP contribution in [-0.4, -0.2) is 49.8 Å². The summed E-state index contributed by atoms with van der Waals surface area (Å²) in [5.74, 6) is -0.692. The number of carbonyl (C=O) groups is 2. The standard InChI is InChI=1S/C29H28FN7O3/c1-28(2)21-8-6-19(12-22(21)35-27(28)39)33-16-29(3,40)25(30)24(36-26(38)18-5-4-10-32-15-18)23-9-7-20-11-17(13-31)14-34-37(20)23/h4-12,14-15,24-25,33,40H,16H2,1-3H3,(H,35,39)(H,36,38)/t24-,25-,29-/m1/s1. The summed E-state index contributed by atoms with van der Waals surface area (Å²) in [5.41, 5.74) is 0.824. The van der Waals surface area contributed by atoms with E-state index in [0.717, 1.165) is 5.56 Å². The molecule has 0 radical (unpaired) electrons. The van der Waals surface area contributed by atoms with Crippen LogP contribution in [0.4, 0.5) is 15.8 Å². The lowest BCUT2D eigenvalue weighted by Gasteiger charge is -2.33. The molecule has 0 aliphatic carbocycles. The predicted molar refractivity (Wildman–Crippen MR) is 146 cm³/mol. The number of anilines is 2. The second kappa shape index (κ2) is 10.1. The molecule has 0 fully saturated rings. The lowest BCUT2D eigenvalue weighted by Crippen LogP contribution is -2.50. The van der Waals surface area contributed by atoms with E-state index in [2.05, 4.69) is 26.0 Å². The van der Waals surface area contributed by atoms with Crippen molar-refractivity contribution in [1.29, 1.82) is 5.26 Å². The maximum atomic E-state index is 16.4. The summed E-state index contributed by atoms with van der Waals surface area (Å²) in [6, 6.07) is 14.0. The van der Waals surface area contributed by atoms with Crippen molar-refractivity contribution in [3.63, 3.8) is 0 Å². The molecule has 1 aromatic carbocycles. The number of hydrogen-bond donors (Lipinski definition) is 4. The van der Waals surface area contributed by atoms with Gasteiger partial charge in [-0.15, -0.1) is 0 Å². The fourth-order valence-electron chi connectivity index (χ4n) is 4.78. The van der Waals surface area contributed by atoms with Crippen LogP contribution in [-0.2, 0) is 10.2 Å². The van der Waals surface area contributed by atoms with Crippen molar-refractivity contribution in [2.24, 2.45) is 0 Å². The van der Waals surface area contributed by atoms with Gasteiger partial charge in [-0.25, -0.2) is 8.91 Å². The van der Waals surface area contributed by atoms with E-state index in [0.29, 0.717) is 22.5 Å². The maximum Gasteiger partial charge on any atom is 0.253 e. The Balaban J connectivity index is 1.42. The molecule has 0 saturated carbocycles. The Hall–Kier alpha value is -4.82. The number of benzene rings is 1. The molecule has 3 atom stereocenters. The van der Waals surface area contributed by atoms with Crippen LogP contribution in [0.2, 0.25) is 0 Å². The molecule has 0 spiro atoms. The monoisotopic (exact) mass is 541 g/mol. The molecule has 5 rings (SSSR count). The van der Waals surface area contributed by atoms with Crippen molar-refractivity contribution in [3.8, 4) is 6.07 Å². The molecule has 1 aliphatic rings. The highest BCUT2D eigenvalue weighted by atomic mass is 19.1. The lowest BCUT2D eigenvalue weighted by molar-refractivity contribution is -0.119. The van der Waals surface area contributed by atoms with Crippen LogP contribution < -0.4 is 16.0 Å². The fourth-order valence-corrected chi connectivity index (χ4v) is 4.78. The summed E-state index contributed by atoms with van der Waals surface area (Å²) in [5, 5.41) is 33.4. The minimum Gasteiger partial charge on any atom is -0.385 e. The van der Waals surface area contributed by atoms with Gasteiger partial charge in [0.1, 0.15) is 17.7 Å². The third kappa shape index (κ3) is 4.85. The van der Waals surface area contributed by atoms with E-state index in [-0.39, 0.29) is 23.7 Å². The Morgan fingerprint density at radius 1 is 1.25 bits per heavy atom. The summed E-state index contributed by atoms with van der Waals surface area (Å²) in [7, 11) is 0. The molecule has 204 valence electrons. The van der Waals surface area contributed by atoms with E-state index in [1.807, 2.05) is 26.0 Å². The predicted octanol–water partition coefficient (Wildman–Crippen LogP) is 3.50. The third-order valence-corrected chi connectivity index (χ3v) is 7.23. The summed E-state index contributed by atoms with van der Waals surface area (Å²) < 4.78 is 17.8. The number of nitrogens with one attached hydrogen (secondary N) is 3. The van der Waals surface area contributed by atoms with E-state index in [9.17, 15) is 20.0 Å². The van der Waals surface area contributed by atoms with Gasteiger partial charge in [-0.1, -0.05) is 6.07 Å². The van der Waals surface area contributed by atoms with Gasteiger partial charge >= 0.3 is 0 Å². The minimum absolute atomic E-state index is 0.113. The Kier molecular flexibility index (Phi) is 6.73. The third-order valence-electron chi connectivity index (χ3n) is 7.23. The number of hydrogen-bond acceptors (Lipinski definition) is 7. The first kappa shape index (κ1) is 26.8. The Morgan fingerprint density at radius 2 is 2.05 bits per heavy atom. The number of halogens is 1. The molecule has 0 saturated heterocycles. The second-order valence-corrected chi connectivity index (χ2v) is 10.6. The average molecular weight is 542 g/mol. The van der Waals surface area contributed by atoms with Crippen molar-refractivity contribution in [2.45, 2.75) is 44.0 Å². The van der Waals surface area contributed by atoms with Crippen LogP contribution in [0.3, 0.4) is 0 Å². The molecule has 10 nitrogen and oxygen atoms in total. The van der Waals surface area contributed by atoms with Crippen LogP contribution >= 0.6 is 0 Å². The van der Waals surface area contributed by atoms with Crippen LogP contribution in [0, 0.1) is 11.3 Å². The second-order valence-electron chi connectivity index (χ2n) is 10.6. The average Bonchev–Trinajstić information content (AvgIpc) is 3.47. The molecule has 40 heavy (non-hydrogen) atoms. The van der Waals surface area contributed by atoms with Crippen molar-refractivity contribution < 1.29 is 19.1 Å². The van der Waals surface area contributed by atoms with Gasteiger partial charge in [0.2, 0.25) is 5.91 Å². The van der Waals surface area contributed by atoms with Crippen LogP contribution in [0.25, 0.3) is 5.52 Å². The zero-order valence-electron chi connectivity index (χ0n) is 22.1. The zero-order chi connectivity index (χ0) is 28.7. The van der Waals surface area contributed by atoms with Crippen LogP contribution in [0.5, 0.6) is 0 Å². The normalized spacial score (nSPS) is 16.8. The zero-order valence-corrected chi connectivity index (χ0v) is 22.1. The number of fused-ring (bicyclic) bond motifs is 2. The molecule has 0 bridgehead atoms. The van der Waals surface area contributed by atoms with Crippen molar-refractivity contribution in [3.05, 3.63) is 89.5 Å². The van der Waals surface area contributed by atoms with E-state index in [1.165, 1.54) is 30.0 Å². The fraction of sp³-hybridized carbons (Fsp3) is 0.276. The molecule has 4 N–H and O–H groups in total. The maximum absolute atomic E-state index is 16.4. The molecular formula is C29H28FN7O3. The minimum atomic E-state index is -2.00. The number of nitrogens with zero attached hydrogens (tertiary/aromatic N) is 4. The largest absolute Gasteiger partial charge is 0.385 e. The van der Waals surface area contributed by atoms with Gasteiger partial charge < -0.3 is 21.1 Å². The van der Waals surface area contributed by atoms with Gasteiger partial charge in [-0.2, -0.15) is 10.4 Å². The number of alkyl halides is 1. The molecule has 4 heterocycles. The number of carbonyl (C=O) groups excluding carboxylic acids is 2. The Labute approximate surface area is 229 Å². The Bertz CT molecular complexity index is 1640. The molecule has 4 aromatic rings. The number of aromatic nitrogens is 3. The number of nitriles is 1. The molecule has 1 aliphatic heterocycles. The molecular weight excluding hydrogens is 513 g/mol. The Morgan fingerprint density at radius 3 is 2.77 bits per heavy atom. The summed E-state index contributed by atoms with van der Waals surface area (Å²) in [6.45, 7) is 4.80. The number of rotatable bonds is 8. The smallest absolute Gasteiger partial charge is 0.253 e. The SMILES string of the molecule is CC1(C)C(=O)Nc2cc(NC[C@@](C)(O)[C@H](F)[C@H](NC(=O)c3cccnc3)c3ccc4cc(C#N)cnn34)ccc21. The lowest BCUT2D eigenvalue weighted by atomic mass is 9.86. The van der Waals surface area contributed by atoms with E-state index >= 15 is 4.39 Å². The van der Waals surface area contributed by atoms with Crippen LogP contribution in [0.1, 0.15) is 54.0 Å². The van der Waals surface area contributed by atoms with E-state index in [4.69, 9.17) is 0 Å². The van der Waals surface area contributed by atoms with Gasteiger partial charge in [0.05, 0.1) is 33.9 Å². The number of amides is 2. The summed E-state index contributed by atoms with van der Waals surface area (Å²) in [4.78, 5) is 29.3. The molecule has 3 aromatic heterocycles. The summed E-state index contributed by atoms with van der Waals surface area (Å²) in [6.07, 6.45) is 2.23. The highest BCUT2D eigenvalue weighted by molar-refractivity contribution is 6.06. The first-order chi connectivity index (χ1) is 19.0. The first-order valence-corrected chi connectivity index (χ1v) is 12.7. The number of pyridine rings is 1. The van der Waals surface area contributed by atoms with Gasteiger partial charge in [0.25, 0.3) is 5.91 Å². The number of aliphatic hydroxyl groups is 1. The molecule has 11 heteroatoms. The van der Waals surface area contributed by atoms with Gasteiger partial charge in [-0.3, -0.25) is 14.6 Å². The van der Waals surface area contributed by atoms with Gasteiger partial charge in [0.15, 0.2) is 6.17 Å². The quantitative estimate of drug-likeness (QED) is 0.267. The first-order valence-electron chi connectivity index (χ1n) is 12.7. The van der Waals surface area contributed by atoms with Gasteiger partial charge in [-0.05, 0) is 68.8 Å². The topological polar surface area (TPSA) is 144 Å².